The molecule has 0 saturated heterocycles. The van der Waals surface area contributed by atoms with Crippen LogP contribution in [0.2, 0.25) is 5.02 Å². The number of halogens is 2. The normalized spacial score (nSPS) is 12.2. The summed E-state index contributed by atoms with van der Waals surface area (Å²) >= 11 is 6.20. The van der Waals surface area contributed by atoms with Gasteiger partial charge in [-0.2, -0.15) is 0 Å². The Balaban J connectivity index is 2.37. The smallest absolute Gasteiger partial charge is 0.127 e. The molecule has 1 atom stereocenters. The van der Waals surface area contributed by atoms with Crippen molar-refractivity contribution in [3.05, 3.63) is 63.9 Å². The maximum Gasteiger partial charge on any atom is 0.127 e. The molecule has 2 rings (SSSR count). The van der Waals surface area contributed by atoms with E-state index in [2.05, 4.69) is 5.32 Å². The van der Waals surface area contributed by atoms with Crippen molar-refractivity contribution in [3.8, 4) is 5.75 Å². The lowest BCUT2D eigenvalue weighted by atomic mass is 9.97. The van der Waals surface area contributed by atoms with Gasteiger partial charge < -0.3 is 10.1 Å². The molecule has 0 bridgehead atoms. The molecule has 0 aliphatic rings. The van der Waals surface area contributed by atoms with Crippen molar-refractivity contribution in [2.24, 2.45) is 0 Å². The molecule has 0 spiro atoms. The summed E-state index contributed by atoms with van der Waals surface area (Å²) in [6, 6.07) is 10.9. The quantitative estimate of drug-likeness (QED) is 0.878. The van der Waals surface area contributed by atoms with Gasteiger partial charge in [0.05, 0.1) is 12.6 Å². The molecule has 0 saturated carbocycles. The summed E-state index contributed by atoms with van der Waals surface area (Å²) in [5.74, 6) is 0.544. The monoisotopic (exact) mass is 307 g/mol. The highest BCUT2D eigenvalue weighted by molar-refractivity contribution is 6.31. The van der Waals surface area contributed by atoms with Crippen molar-refractivity contribution in [2.75, 3.05) is 13.7 Å². The molecule has 0 aliphatic heterocycles. The van der Waals surface area contributed by atoms with Gasteiger partial charge in [-0.05, 0) is 61.9 Å². The predicted octanol–water partition coefficient (Wildman–Crippen LogP) is 4.50. The minimum atomic E-state index is -0.287. The van der Waals surface area contributed by atoms with Gasteiger partial charge in [0.15, 0.2) is 0 Å². The lowest BCUT2D eigenvalue weighted by Crippen LogP contribution is -2.18. The molecule has 0 heterocycles. The van der Waals surface area contributed by atoms with E-state index in [0.717, 1.165) is 16.9 Å². The van der Waals surface area contributed by atoms with Crippen LogP contribution in [0.4, 0.5) is 4.39 Å². The third-order valence-electron chi connectivity index (χ3n) is 3.40. The van der Waals surface area contributed by atoms with E-state index >= 15 is 0 Å². The van der Waals surface area contributed by atoms with Gasteiger partial charge in [-0.3, -0.25) is 0 Å². The first-order chi connectivity index (χ1) is 10.1. The molecule has 0 aromatic heterocycles. The van der Waals surface area contributed by atoms with E-state index in [1.807, 2.05) is 38.2 Å². The van der Waals surface area contributed by atoms with E-state index in [1.54, 1.807) is 13.0 Å². The summed E-state index contributed by atoms with van der Waals surface area (Å²) in [6.45, 7) is 4.32. The SMILES string of the molecule is CCOc1ccc(C(NC)c2cc(C)c(F)cc2Cl)cc1. The highest BCUT2D eigenvalue weighted by atomic mass is 35.5. The Morgan fingerprint density at radius 3 is 2.48 bits per heavy atom. The Hall–Kier alpha value is -1.58. The fourth-order valence-electron chi connectivity index (χ4n) is 2.33. The van der Waals surface area contributed by atoms with Crippen LogP contribution in [0.3, 0.4) is 0 Å². The molecule has 2 aromatic rings. The van der Waals surface area contributed by atoms with Gasteiger partial charge in [-0.1, -0.05) is 23.7 Å². The van der Waals surface area contributed by atoms with Crippen LogP contribution in [0, 0.1) is 12.7 Å². The van der Waals surface area contributed by atoms with Crippen LogP contribution >= 0.6 is 11.6 Å². The Kier molecular flexibility index (Phi) is 5.21. The molecule has 1 N–H and O–H groups in total. The number of aryl methyl sites for hydroxylation is 1. The van der Waals surface area contributed by atoms with Gasteiger partial charge in [-0.25, -0.2) is 4.39 Å². The summed E-state index contributed by atoms with van der Waals surface area (Å²) in [5, 5.41) is 3.65. The van der Waals surface area contributed by atoms with Gasteiger partial charge in [0, 0.05) is 5.02 Å². The zero-order chi connectivity index (χ0) is 15.4. The topological polar surface area (TPSA) is 21.3 Å². The van der Waals surface area contributed by atoms with Crippen molar-refractivity contribution >= 4 is 11.6 Å². The number of rotatable bonds is 5. The second kappa shape index (κ2) is 6.92. The summed E-state index contributed by atoms with van der Waals surface area (Å²) in [5.41, 5.74) is 2.50. The van der Waals surface area contributed by atoms with E-state index in [-0.39, 0.29) is 11.9 Å². The second-order valence-corrected chi connectivity index (χ2v) is 5.25. The Labute approximate surface area is 129 Å². The minimum Gasteiger partial charge on any atom is -0.494 e. The third kappa shape index (κ3) is 3.55. The fraction of sp³-hybridized carbons (Fsp3) is 0.294. The third-order valence-corrected chi connectivity index (χ3v) is 3.73. The van der Waals surface area contributed by atoms with Crippen LogP contribution in [-0.2, 0) is 0 Å². The standard InChI is InChI=1S/C17H19ClFNO/c1-4-21-13-7-5-12(6-8-13)17(20-3)14-9-11(2)16(19)10-15(14)18/h5-10,17,20H,4H2,1-3H3. The lowest BCUT2D eigenvalue weighted by molar-refractivity contribution is 0.340. The van der Waals surface area contributed by atoms with Crippen molar-refractivity contribution in [1.29, 1.82) is 0 Å². The van der Waals surface area contributed by atoms with Gasteiger partial charge in [0.1, 0.15) is 11.6 Å². The largest absolute Gasteiger partial charge is 0.494 e. The number of hydrogen-bond donors (Lipinski definition) is 1. The van der Waals surface area contributed by atoms with Crippen LogP contribution in [0.25, 0.3) is 0 Å². The predicted molar refractivity (Wildman–Crippen MR) is 84.7 cm³/mol. The molecule has 1 unspecified atom stereocenters. The Bertz CT molecular complexity index is 613. The average molecular weight is 308 g/mol. The first-order valence-electron chi connectivity index (χ1n) is 6.92. The highest BCUT2D eigenvalue weighted by Crippen LogP contribution is 2.31. The van der Waals surface area contributed by atoms with E-state index in [9.17, 15) is 4.39 Å². The number of benzene rings is 2. The molecule has 112 valence electrons. The van der Waals surface area contributed by atoms with E-state index in [1.165, 1.54) is 6.07 Å². The Morgan fingerprint density at radius 1 is 1.24 bits per heavy atom. The van der Waals surface area contributed by atoms with Crippen LogP contribution in [0.1, 0.15) is 29.7 Å². The molecule has 2 aromatic carbocycles. The maximum absolute atomic E-state index is 13.5. The summed E-state index contributed by atoms with van der Waals surface area (Å²) in [6.07, 6.45) is 0. The van der Waals surface area contributed by atoms with Crippen molar-refractivity contribution in [1.82, 2.24) is 5.32 Å². The maximum atomic E-state index is 13.5. The molecule has 0 fully saturated rings. The molecule has 0 amide bonds. The van der Waals surface area contributed by atoms with Crippen molar-refractivity contribution < 1.29 is 9.13 Å². The van der Waals surface area contributed by atoms with E-state index < -0.39 is 0 Å². The fourth-order valence-corrected chi connectivity index (χ4v) is 2.59. The minimum absolute atomic E-state index is 0.0903. The second-order valence-electron chi connectivity index (χ2n) is 4.85. The van der Waals surface area contributed by atoms with Gasteiger partial charge in [-0.15, -0.1) is 0 Å². The molecular formula is C17H19ClFNO. The van der Waals surface area contributed by atoms with Crippen LogP contribution in [-0.4, -0.2) is 13.7 Å². The summed E-state index contributed by atoms with van der Waals surface area (Å²) in [7, 11) is 1.86. The first kappa shape index (κ1) is 15.8. The van der Waals surface area contributed by atoms with Gasteiger partial charge in [0.2, 0.25) is 0 Å². The number of nitrogens with one attached hydrogen (secondary N) is 1. The zero-order valence-corrected chi connectivity index (χ0v) is 13.2. The molecule has 0 radical (unpaired) electrons. The van der Waals surface area contributed by atoms with E-state index in [0.29, 0.717) is 17.2 Å². The average Bonchev–Trinajstić information content (AvgIpc) is 2.47. The molecule has 0 aliphatic carbocycles. The zero-order valence-electron chi connectivity index (χ0n) is 12.4. The first-order valence-corrected chi connectivity index (χ1v) is 7.30. The van der Waals surface area contributed by atoms with Crippen molar-refractivity contribution in [3.63, 3.8) is 0 Å². The number of ether oxygens (including phenoxy) is 1. The van der Waals surface area contributed by atoms with E-state index in [4.69, 9.17) is 16.3 Å². The van der Waals surface area contributed by atoms with Crippen LogP contribution in [0.5, 0.6) is 5.75 Å². The molecule has 2 nitrogen and oxygen atoms in total. The Morgan fingerprint density at radius 2 is 1.90 bits per heavy atom. The lowest BCUT2D eigenvalue weighted by Gasteiger charge is -2.20. The van der Waals surface area contributed by atoms with Gasteiger partial charge >= 0.3 is 0 Å². The van der Waals surface area contributed by atoms with Crippen LogP contribution < -0.4 is 10.1 Å². The van der Waals surface area contributed by atoms with Gasteiger partial charge in [0.25, 0.3) is 0 Å². The molecular weight excluding hydrogens is 289 g/mol. The molecule has 4 heteroatoms. The summed E-state index contributed by atoms with van der Waals surface area (Å²) < 4.78 is 19.0. The molecule has 21 heavy (non-hydrogen) atoms. The van der Waals surface area contributed by atoms with Crippen molar-refractivity contribution in [2.45, 2.75) is 19.9 Å². The highest BCUT2D eigenvalue weighted by Gasteiger charge is 2.17. The van der Waals surface area contributed by atoms with Crippen LogP contribution in [0.15, 0.2) is 36.4 Å². The summed E-state index contributed by atoms with van der Waals surface area (Å²) in [4.78, 5) is 0. The number of hydrogen-bond acceptors (Lipinski definition) is 2.